The van der Waals surface area contributed by atoms with E-state index in [1.54, 1.807) is 12.1 Å². The predicted molar refractivity (Wildman–Crippen MR) is 88.5 cm³/mol. The van der Waals surface area contributed by atoms with E-state index in [1.807, 2.05) is 11.6 Å². The maximum atomic E-state index is 11.9. The number of rotatable bonds is 4. The van der Waals surface area contributed by atoms with Crippen molar-refractivity contribution in [1.29, 1.82) is 5.26 Å². The van der Waals surface area contributed by atoms with Crippen LogP contribution in [0.1, 0.15) is 26.5 Å². The topological polar surface area (TPSA) is 67.9 Å². The van der Waals surface area contributed by atoms with Crippen LogP contribution in [0.15, 0.2) is 30.3 Å². The first-order valence-corrected chi connectivity index (χ1v) is 7.96. The van der Waals surface area contributed by atoms with Crippen LogP contribution in [0.3, 0.4) is 0 Å². The van der Waals surface area contributed by atoms with Gasteiger partial charge in [0.15, 0.2) is 6.61 Å². The number of esters is 1. The summed E-state index contributed by atoms with van der Waals surface area (Å²) in [5.74, 6) is -0.464. The third-order valence-corrected chi connectivity index (χ3v) is 4.66. The Morgan fingerprint density at radius 2 is 2.09 bits per heavy atom. The van der Waals surface area contributed by atoms with E-state index < -0.39 is 5.97 Å². The van der Waals surface area contributed by atoms with Crippen molar-refractivity contribution >= 4 is 27.5 Å². The van der Waals surface area contributed by atoms with E-state index in [-0.39, 0.29) is 6.61 Å². The van der Waals surface area contributed by atoms with Gasteiger partial charge in [-0.25, -0.2) is 4.79 Å². The number of hydrogen-bond donors (Lipinski definition) is 0. The highest BCUT2D eigenvalue weighted by Crippen LogP contribution is 2.29. The molecule has 3 aromatic rings. The highest BCUT2D eigenvalue weighted by Gasteiger charge is 2.17. The summed E-state index contributed by atoms with van der Waals surface area (Å²) in [5.41, 5.74) is 3.25. The van der Waals surface area contributed by atoms with Gasteiger partial charge in [0.25, 0.3) is 0 Å². The number of nitrogens with zero attached hydrogens (tertiary/aromatic N) is 3. The molecular formula is C17H15N3O2S. The zero-order valence-corrected chi connectivity index (χ0v) is 13.7. The van der Waals surface area contributed by atoms with Gasteiger partial charge in [-0.3, -0.25) is 4.68 Å². The van der Waals surface area contributed by atoms with Gasteiger partial charge in [0, 0.05) is 5.39 Å². The van der Waals surface area contributed by atoms with Crippen LogP contribution in [0.5, 0.6) is 0 Å². The Balaban J connectivity index is 1.92. The first-order chi connectivity index (χ1) is 11.1. The van der Waals surface area contributed by atoms with Gasteiger partial charge in [-0.05, 0) is 25.5 Å². The van der Waals surface area contributed by atoms with Crippen molar-refractivity contribution in [2.24, 2.45) is 0 Å². The normalized spacial score (nSPS) is 10.7. The minimum absolute atomic E-state index is 0.235. The molecule has 0 atom stereocenters. The molecule has 2 heterocycles. The number of carbonyl (C=O) groups is 1. The minimum Gasteiger partial charge on any atom is -0.446 e. The molecule has 0 aliphatic heterocycles. The monoisotopic (exact) mass is 325 g/mol. The molecule has 1 aromatic carbocycles. The molecule has 0 bridgehead atoms. The summed E-state index contributed by atoms with van der Waals surface area (Å²) in [4.78, 5) is 13.3. The summed E-state index contributed by atoms with van der Waals surface area (Å²) >= 11 is 1.34. The van der Waals surface area contributed by atoms with Crippen LogP contribution in [0.25, 0.3) is 10.2 Å². The lowest BCUT2D eigenvalue weighted by Crippen LogP contribution is -2.03. The number of ether oxygens (including phenoxy) is 1. The summed E-state index contributed by atoms with van der Waals surface area (Å²) in [6.07, 6.45) is 0. The van der Waals surface area contributed by atoms with Crippen LogP contribution < -0.4 is 0 Å². The second-order valence-electron chi connectivity index (χ2n) is 5.29. The lowest BCUT2D eigenvalue weighted by Gasteiger charge is -2.03. The molecule has 0 saturated carbocycles. The highest BCUT2D eigenvalue weighted by atomic mass is 32.1. The van der Waals surface area contributed by atoms with Crippen LogP contribution in [-0.4, -0.2) is 22.4 Å². The second kappa shape index (κ2) is 6.23. The molecule has 116 valence electrons. The fourth-order valence-electron chi connectivity index (χ4n) is 2.36. The van der Waals surface area contributed by atoms with Gasteiger partial charge in [0.05, 0.1) is 12.2 Å². The Kier molecular flexibility index (Phi) is 4.13. The van der Waals surface area contributed by atoms with E-state index in [2.05, 4.69) is 36.3 Å². The number of nitriles is 1. The van der Waals surface area contributed by atoms with Gasteiger partial charge in [-0.2, -0.15) is 10.4 Å². The zero-order valence-electron chi connectivity index (χ0n) is 12.9. The van der Waals surface area contributed by atoms with Gasteiger partial charge < -0.3 is 4.74 Å². The van der Waals surface area contributed by atoms with Crippen molar-refractivity contribution in [3.63, 3.8) is 0 Å². The highest BCUT2D eigenvalue weighted by molar-refractivity contribution is 7.20. The number of aromatic nitrogens is 2. The summed E-state index contributed by atoms with van der Waals surface area (Å²) in [6.45, 7) is 4.39. The number of carbonyl (C=O) groups excluding carboxylic acids is 1. The van der Waals surface area contributed by atoms with Crippen molar-refractivity contribution in [2.75, 3.05) is 6.61 Å². The van der Waals surface area contributed by atoms with Crippen LogP contribution in [0.2, 0.25) is 0 Å². The first kappa shape index (κ1) is 15.3. The lowest BCUT2D eigenvalue weighted by molar-refractivity contribution is 0.0561. The number of hydrogen-bond acceptors (Lipinski definition) is 5. The predicted octanol–water partition coefficient (Wildman–Crippen LogP) is 3.44. The largest absolute Gasteiger partial charge is 0.446 e. The van der Waals surface area contributed by atoms with E-state index >= 15 is 0 Å². The van der Waals surface area contributed by atoms with Gasteiger partial charge in [-0.1, -0.05) is 29.8 Å². The van der Waals surface area contributed by atoms with Gasteiger partial charge in [0.1, 0.15) is 15.8 Å². The van der Waals surface area contributed by atoms with Crippen LogP contribution in [0.4, 0.5) is 0 Å². The lowest BCUT2D eigenvalue weighted by atomic mass is 10.1. The Labute approximate surface area is 137 Å². The van der Waals surface area contributed by atoms with Crippen LogP contribution in [0, 0.1) is 25.2 Å². The molecular weight excluding hydrogens is 310 g/mol. The molecule has 0 N–H and O–H groups in total. The standard InChI is InChI=1S/C17H15N3O2S/c1-11-3-5-13(6-4-11)10-20-16-14(12(2)19-20)9-15(23-16)17(21)22-8-7-18/h3-6,9H,8,10H2,1-2H3. The number of fused-ring (bicyclic) bond motifs is 1. The van der Waals surface area contributed by atoms with Crippen molar-refractivity contribution in [3.05, 3.63) is 52.0 Å². The Hall–Kier alpha value is -2.65. The summed E-state index contributed by atoms with van der Waals surface area (Å²) in [6, 6.07) is 11.9. The molecule has 0 spiro atoms. The van der Waals surface area contributed by atoms with E-state index in [4.69, 9.17) is 10.00 Å². The molecule has 3 rings (SSSR count). The quantitative estimate of drug-likeness (QED) is 0.689. The Morgan fingerprint density at radius 3 is 2.78 bits per heavy atom. The van der Waals surface area contributed by atoms with E-state index in [0.717, 1.165) is 21.5 Å². The van der Waals surface area contributed by atoms with E-state index in [9.17, 15) is 4.79 Å². The number of thiophene rings is 1. The molecule has 23 heavy (non-hydrogen) atoms. The van der Waals surface area contributed by atoms with Gasteiger partial charge in [-0.15, -0.1) is 11.3 Å². The Morgan fingerprint density at radius 1 is 1.35 bits per heavy atom. The SMILES string of the molecule is Cc1ccc(Cn2nc(C)c3cc(C(=O)OCC#N)sc32)cc1. The molecule has 0 fully saturated rings. The van der Waals surface area contributed by atoms with E-state index in [0.29, 0.717) is 11.4 Å². The number of aryl methyl sites for hydroxylation is 2. The second-order valence-corrected chi connectivity index (χ2v) is 6.32. The van der Waals surface area contributed by atoms with Crippen molar-refractivity contribution in [1.82, 2.24) is 9.78 Å². The maximum Gasteiger partial charge on any atom is 0.349 e. The average Bonchev–Trinajstić information content (AvgIpc) is 3.09. The molecule has 0 radical (unpaired) electrons. The van der Waals surface area contributed by atoms with Crippen molar-refractivity contribution < 1.29 is 9.53 Å². The molecule has 5 nitrogen and oxygen atoms in total. The van der Waals surface area contributed by atoms with Crippen LogP contribution in [-0.2, 0) is 11.3 Å². The minimum atomic E-state index is -0.464. The third-order valence-electron chi connectivity index (χ3n) is 3.53. The molecule has 0 aliphatic carbocycles. The average molecular weight is 325 g/mol. The molecule has 6 heteroatoms. The summed E-state index contributed by atoms with van der Waals surface area (Å²) in [5, 5.41) is 14.0. The molecule has 0 saturated heterocycles. The van der Waals surface area contributed by atoms with Gasteiger partial charge in [0.2, 0.25) is 0 Å². The fourth-order valence-corrected chi connectivity index (χ4v) is 3.41. The molecule has 0 amide bonds. The zero-order chi connectivity index (χ0) is 16.4. The van der Waals surface area contributed by atoms with Crippen molar-refractivity contribution in [2.45, 2.75) is 20.4 Å². The first-order valence-electron chi connectivity index (χ1n) is 7.15. The molecule has 0 aliphatic rings. The molecule has 2 aromatic heterocycles. The molecule has 0 unspecified atom stereocenters. The van der Waals surface area contributed by atoms with Crippen LogP contribution >= 0.6 is 11.3 Å². The fraction of sp³-hybridized carbons (Fsp3) is 0.235. The third kappa shape index (κ3) is 3.10. The maximum absolute atomic E-state index is 11.9. The van der Waals surface area contributed by atoms with Gasteiger partial charge >= 0.3 is 5.97 Å². The summed E-state index contributed by atoms with van der Waals surface area (Å²) < 4.78 is 6.77. The Bertz CT molecular complexity index is 900. The number of benzene rings is 1. The smallest absolute Gasteiger partial charge is 0.349 e. The van der Waals surface area contributed by atoms with E-state index in [1.165, 1.54) is 16.9 Å². The van der Waals surface area contributed by atoms with Crippen molar-refractivity contribution in [3.8, 4) is 6.07 Å². The summed E-state index contributed by atoms with van der Waals surface area (Å²) in [7, 11) is 0.